The summed E-state index contributed by atoms with van der Waals surface area (Å²) in [5.74, 6) is 0.844. The summed E-state index contributed by atoms with van der Waals surface area (Å²) in [6.07, 6.45) is 0.219. The quantitative estimate of drug-likeness (QED) is 0.608. The highest BCUT2D eigenvalue weighted by Gasteiger charge is 2.25. The van der Waals surface area contributed by atoms with Gasteiger partial charge in [-0.1, -0.05) is 44.5 Å². The molecule has 0 radical (unpaired) electrons. The van der Waals surface area contributed by atoms with Crippen molar-refractivity contribution >= 4 is 5.78 Å². The number of carbonyl (C=O) groups is 1. The van der Waals surface area contributed by atoms with Crippen molar-refractivity contribution in [2.75, 3.05) is 13.2 Å². The van der Waals surface area contributed by atoms with Gasteiger partial charge >= 0.3 is 0 Å². The van der Waals surface area contributed by atoms with Crippen molar-refractivity contribution in [2.24, 2.45) is 0 Å². The molecule has 1 heterocycles. The number of ketones is 1. The van der Waals surface area contributed by atoms with Gasteiger partial charge < -0.3 is 9.47 Å². The molecule has 1 saturated heterocycles. The van der Waals surface area contributed by atoms with Crippen molar-refractivity contribution in [1.82, 2.24) is 0 Å². The third-order valence-corrected chi connectivity index (χ3v) is 4.16. The second-order valence-corrected chi connectivity index (χ2v) is 7.42. The molecule has 3 nitrogen and oxygen atoms in total. The first kappa shape index (κ1) is 16.7. The van der Waals surface area contributed by atoms with E-state index in [0.29, 0.717) is 6.61 Å². The molecular weight excluding hydrogens is 300 g/mol. The lowest BCUT2D eigenvalue weighted by molar-refractivity contribution is 0.103. The van der Waals surface area contributed by atoms with E-state index < -0.39 is 0 Å². The van der Waals surface area contributed by atoms with E-state index in [1.807, 2.05) is 49.4 Å². The van der Waals surface area contributed by atoms with Gasteiger partial charge in [-0.15, -0.1) is 0 Å². The number of hydrogen-bond acceptors (Lipinski definition) is 3. The average Bonchev–Trinajstić information content (AvgIpc) is 3.35. The molecule has 0 bridgehead atoms. The van der Waals surface area contributed by atoms with Crippen LogP contribution < -0.4 is 4.74 Å². The van der Waals surface area contributed by atoms with Crippen molar-refractivity contribution in [1.29, 1.82) is 0 Å². The zero-order chi connectivity index (χ0) is 17.3. The molecule has 1 aliphatic rings. The Morgan fingerprint density at radius 2 is 1.96 bits per heavy atom. The summed E-state index contributed by atoms with van der Waals surface area (Å²) in [4.78, 5) is 13.0. The molecule has 1 aliphatic heterocycles. The largest absolute Gasteiger partial charge is 0.491 e. The fourth-order valence-electron chi connectivity index (χ4n) is 2.73. The van der Waals surface area contributed by atoms with Crippen molar-refractivity contribution in [3.63, 3.8) is 0 Å². The van der Waals surface area contributed by atoms with E-state index in [-0.39, 0.29) is 17.3 Å². The fourth-order valence-corrected chi connectivity index (χ4v) is 2.73. The highest BCUT2D eigenvalue weighted by molar-refractivity contribution is 6.10. The first-order valence-electron chi connectivity index (χ1n) is 8.35. The summed E-state index contributed by atoms with van der Waals surface area (Å²) in [5.41, 5.74) is 3.40. The third kappa shape index (κ3) is 3.85. The number of rotatable bonds is 5. The molecule has 1 fully saturated rings. The first-order valence-corrected chi connectivity index (χ1v) is 8.35. The smallest absolute Gasteiger partial charge is 0.193 e. The standard InChI is InChI=1S/C21H24O3/c1-14-6-5-7-15(10-14)20(22)18-9-8-16(23-12-17-13-24-17)11-19(18)21(2,3)4/h5-11,17H,12-13H2,1-4H3. The minimum Gasteiger partial charge on any atom is -0.491 e. The molecule has 24 heavy (non-hydrogen) atoms. The van der Waals surface area contributed by atoms with Gasteiger partial charge in [0.2, 0.25) is 0 Å². The van der Waals surface area contributed by atoms with Crippen LogP contribution in [0.1, 0.15) is 47.8 Å². The Kier molecular flexibility index (Phi) is 4.46. The highest BCUT2D eigenvalue weighted by atomic mass is 16.6. The normalized spacial score (nSPS) is 16.8. The Morgan fingerprint density at radius 3 is 2.58 bits per heavy atom. The average molecular weight is 324 g/mol. The van der Waals surface area contributed by atoms with E-state index in [1.54, 1.807) is 0 Å². The Morgan fingerprint density at radius 1 is 1.21 bits per heavy atom. The van der Waals surface area contributed by atoms with Gasteiger partial charge in [-0.3, -0.25) is 4.79 Å². The number of hydrogen-bond donors (Lipinski definition) is 0. The second kappa shape index (κ2) is 6.40. The zero-order valence-corrected chi connectivity index (χ0v) is 14.8. The maximum absolute atomic E-state index is 13.0. The Bertz CT molecular complexity index is 752. The number of aryl methyl sites for hydroxylation is 1. The van der Waals surface area contributed by atoms with Crippen LogP contribution in [0, 0.1) is 6.92 Å². The van der Waals surface area contributed by atoms with E-state index in [2.05, 4.69) is 20.8 Å². The summed E-state index contributed by atoms with van der Waals surface area (Å²) in [7, 11) is 0. The molecule has 0 amide bonds. The van der Waals surface area contributed by atoms with Gasteiger partial charge in [-0.2, -0.15) is 0 Å². The topological polar surface area (TPSA) is 38.8 Å². The molecule has 0 saturated carbocycles. The molecule has 126 valence electrons. The van der Waals surface area contributed by atoms with Gasteiger partial charge in [0.05, 0.1) is 6.61 Å². The predicted molar refractivity (Wildman–Crippen MR) is 95.0 cm³/mol. The van der Waals surface area contributed by atoms with Crippen LogP contribution in [0.4, 0.5) is 0 Å². The van der Waals surface area contributed by atoms with Gasteiger partial charge in [-0.05, 0) is 42.2 Å². The van der Waals surface area contributed by atoms with Gasteiger partial charge in [0, 0.05) is 11.1 Å². The molecular formula is C21H24O3. The maximum Gasteiger partial charge on any atom is 0.193 e. The van der Waals surface area contributed by atoms with Gasteiger partial charge in [0.1, 0.15) is 18.5 Å². The van der Waals surface area contributed by atoms with Crippen LogP contribution >= 0.6 is 0 Å². The monoisotopic (exact) mass is 324 g/mol. The predicted octanol–water partition coefficient (Wildman–Crippen LogP) is 4.30. The zero-order valence-electron chi connectivity index (χ0n) is 14.8. The highest BCUT2D eigenvalue weighted by Crippen LogP contribution is 2.31. The molecule has 1 atom stereocenters. The second-order valence-electron chi connectivity index (χ2n) is 7.42. The Balaban J connectivity index is 1.94. The summed E-state index contributed by atoms with van der Waals surface area (Å²) in [5, 5.41) is 0. The van der Waals surface area contributed by atoms with Crippen LogP contribution in [0.15, 0.2) is 42.5 Å². The number of carbonyl (C=O) groups excluding carboxylic acids is 1. The first-order chi connectivity index (χ1) is 11.3. The summed E-state index contributed by atoms with van der Waals surface area (Å²) in [6.45, 7) is 9.68. The van der Waals surface area contributed by atoms with Gasteiger partial charge in [0.25, 0.3) is 0 Å². The van der Waals surface area contributed by atoms with E-state index >= 15 is 0 Å². The van der Waals surface area contributed by atoms with E-state index in [4.69, 9.17) is 9.47 Å². The van der Waals surface area contributed by atoms with Crippen LogP contribution in [0.25, 0.3) is 0 Å². The molecule has 0 aliphatic carbocycles. The van der Waals surface area contributed by atoms with Crippen molar-refractivity contribution in [2.45, 2.75) is 39.2 Å². The number of epoxide rings is 1. The van der Waals surface area contributed by atoms with Crippen LogP contribution in [-0.4, -0.2) is 25.1 Å². The minimum absolute atomic E-state index is 0.0562. The van der Waals surface area contributed by atoms with Crippen molar-refractivity contribution in [3.8, 4) is 5.75 Å². The van der Waals surface area contributed by atoms with E-state index in [1.165, 1.54) is 0 Å². The summed E-state index contributed by atoms with van der Waals surface area (Å²) < 4.78 is 11.0. The lowest BCUT2D eigenvalue weighted by atomic mass is 9.81. The van der Waals surface area contributed by atoms with Crippen LogP contribution in [0.3, 0.4) is 0 Å². The summed E-state index contributed by atoms with van der Waals surface area (Å²) >= 11 is 0. The van der Waals surface area contributed by atoms with E-state index in [9.17, 15) is 4.79 Å². The molecule has 2 aromatic carbocycles. The van der Waals surface area contributed by atoms with Crippen LogP contribution in [-0.2, 0) is 10.2 Å². The lowest BCUT2D eigenvalue weighted by Crippen LogP contribution is -2.18. The number of benzene rings is 2. The fraction of sp³-hybridized carbons (Fsp3) is 0.381. The molecule has 0 N–H and O–H groups in total. The molecule has 0 spiro atoms. The minimum atomic E-state index is -0.149. The summed E-state index contributed by atoms with van der Waals surface area (Å²) in [6, 6.07) is 13.5. The van der Waals surface area contributed by atoms with Crippen molar-refractivity contribution in [3.05, 3.63) is 64.7 Å². The lowest BCUT2D eigenvalue weighted by Gasteiger charge is -2.23. The van der Waals surface area contributed by atoms with Crippen molar-refractivity contribution < 1.29 is 14.3 Å². The molecule has 0 aromatic heterocycles. The maximum atomic E-state index is 13.0. The molecule has 3 heteroatoms. The van der Waals surface area contributed by atoms with Gasteiger partial charge in [-0.25, -0.2) is 0 Å². The molecule has 1 unspecified atom stereocenters. The third-order valence-electron chi connectivity index (χ3n) is 4.16. The van der Waals surface area contributed by atoms with E-state index in [0.717, 1.165) is 34.6 Å². The van der Waals surface area contributed by atoms with Crippen LogP contribution in [0.2, 0.25) is 0 Å². The van der Waals surface area contributed by atoms with Crippen LogP contribution in [0.5, 0.6) is 5.75 Å². The SMILES string of the molecule is Cc1cccc(C(=O)c2ccc(OCC3CO3)cc2C(C)(C)C)c1. The molecule has 2 aromatic rings. The molecule has 3 rings (SSSR count). The number of ether oxygens (including phenoxy) is 2. The van der Waals surface area contributed by atoms with Gasteiger partial charge in [0.15, 0.2) is 5.78 Å². The Labute approximate surface area is 143 Å². The Hall–Kier alpha value is -2.13.